The minimum Gasteiger partial charge on any atom is -0.336 e. The lowest BCUT2D eigenvalue weighted by molar-refractivity contribution is 0.0779. The molecule has 1 aliphatic heterocycles. The van der Waals surface area contributed by atoms with Crippen molar-refractivity contribution in [1.29, 1.82) is 0 Å². The Hall–Kier alpha value is -2.43. The first-order valence-electron chi connectivity index (χ1n) is 7.57. The third kappa shape index (κ3) is 2.79. The highest BCUT2D eigenvalue weighted by molar-refractivity contribution is 5.92. The van der Waals surface area contributed by atoms with Gasteiger partial charge in [0, 0.05) is 19.0 Å². The average molecular weight is 297 g/mol. The minimum absolute atomic E-state index is 0.151. The second kappa shape index (κ2) is 6.13. The number of rotatable bonds is 3. The molecule has 5 heteroatoms. The highest BCUT2D eigenvalue weighted by atomic mass is 16.2. The lowest BCUT2D eigenvalue weighted by Crippen LogP contribution is -2.31. The van der Waals surface area contributed by atoms with Crippen LogP contribution >= 0.6 is 0 Å². The van der Waals surface area contributed by atoms with Gasteiger partial charge in [-0.1, -0.05) is 43.7 Å². The van der Waals surface area contributed by atoms with Crippen molar-refractivity contribution in [3.63, 3.8) is 0 Å². The maximum Gasteiger partial charge on any atom is 0.272 e. The lowest BCUT2D eigenvalue weighted by atomic mass is 9.87. The van der Waals surface area contributed by atoms with E-state index in [1.54, 1.807) is 0 Å². The van der Waals surface area contributed by atoms with Crippen LogP contribution in [-0.4, -0.2) is 33.9 Å². The van der Waals surface area contributed by atoms with Crippen LogP contribution in [0.4, 0.5) is 0 Å². The minimum atomic E-state index is -0.350. The molecule has 0 aliphatic carbocycles. The van der Waals surface area contributed by atoms with Gasteiger partial charge in [-0.25, -0.2) is 0 Å². The lowest BCUT2D eigenvalue weighted by Gasteiger charge is -2.16. The third-order valence-electron chi connectivity index (χ3n) is 4.36. The number of amides is 1. The molecule has 2 heterocycles. The maximum absolute atomic E-state index is 12.6. The van der Waals surface area contributed by atoms with E-state index in [1.807, 2.05) is 23.1 Å². The van der Waals surface area contributed by atoms with Gasteiger partial charge in [-0.05, 0) is 11.5 Å². The summed E-state index contributed by atoms with van der Waals surface area (Å²) >= 11 is 0. The smallest absolute Gasteiger partial charge is 0.272 e. The summed E-state index contributed by atoms with van der Waals surface area (Å²) in [6.45, 7) is 3.55. The molecule has 1 amide bonds. The Bertz CT molecular complexity index is 711. The summed E-state index contributed by atoms with van der Waals surface area (Å²) in [6, 6.07) is 10.3. The van der Waals surface area contributed by atoms with Crippen LogP contribution in [0.3, 0.4) is 0 Å². The van der Waals surface area contributed by atoms with Gasteiger partial charge in [0.25, 0.3) is 11.5 Å². The van der Waals surface area contributed by atoms with E-state index in [2.05, 4.69) is 29.0 Å². The van der Waals surface area contributed by atoms with Crippen LogP contribution in [0.2, 0.25) is 0 Å². The molecular weight excluding hydrogens is 278 g/mol. The van der Waals surface area contributed by atoms with Crippen molar-refractivity contribution in [3.8, 4) is 0 Å². The van der Waals surface area contributed by atoms with Crippen molar-refractivity contribution >= 4 is 5.91 Å². The van der Waals surface area contributed by atoms with Gasteiger partial charge in [0.15, 0.2) is 0 Å². The van der Waals surface area contributed by atoms with Crippen molar-refractivity contribution in [2.75, 3.05) is 13.1 Å². The van der Waals surface area contributed by atoms with E-state index in [1.165, 1.54) is 18.0 Å². The summed E-state index contributed by atoms with van der Waals surface area (Å²) in [5.41, 5.74) is 1.18. The number of aromatic nitrogens is 2. The summed E-state index contributed by atoms with van der Waals surface area (Å²) < 4.78 is 0. The normalized spacial score (nSPS) is 21.0. The molecule has 0 unspecified atom stereocenters. The van der Waals surface area contributed by atoms with Crippen LogP contribution in [0.1, 0.15) is 35.3 Å². The molecule has 3 rings (SSSR count). The fourth-order valence-electron chi connectivity index (χ4n) is 3.18. The molecule has 2 atom stereocenters. The second-order valence-electron chi connectivity index (χ2n) is 5.71. The number of benzene rings is 1. The summed E-state index contributed by atoms with van der Waals surface area (Å²) in [7, 11) is 0. The summed E-state index contributed by atoms with van der Waals surface area (Å²) in [4.78, 5) is 32.1. The van der Waals surface area contributed by atoms with Gasteiger partial charge in [-0.2, -0.15) is 0 Å². The number of aromatic amines is 1. The van der Waals surface area contributed by atoms with Crippen LogP contribution in [0.5, 0.6) is 0 Å². The van der Waals surface area contributed by atoms with Gasteiger partial charge in [-0.3, -0.25) is 14.6 Å². The number of hydrogen-bond acceptors (Lipinski definition) is 3. The first-order valence-corrected chi connectivity index (χ1v) is 7.57. The van der Waals surface area contributed by atoms with Crippen molar-refractivity contribution < 1.29 is 4.79 Å². The molecule has 1 N–H and O–H groups in total. The van der Waals surface area contributed by atoms with Crippen molar-refractivity contribution in [2.45, 2.75) is 19.3 Å². The fourth-order valence-corrected chi connectivity index (χ4v) is 3.18. The molecule has 2 aromatic rings. The number of carbonyl (C=O) groups is 1. The first kappa shape index (κ1) is 14.5. The van der Waals surface area contributed by atoms with Gasteiger partial charge in [0.1, 0.15) is 5.69 Å². The molecule has 0 saturated carbocycles. The molecule has 1 aromatic heterocycles. The second-order valence-corrected chi connectivity index (χ2v) is 5.71. The van der Waals surface area contributed by atoms with Crippen molar-refractivity contribution in [2.24, 2.45) is 5.92 Å². The Morgan fingerprint density at radius 3 is 2.73 bits per heavy atom. The van der Waals surface area contributed by atoms with E-state index in [-0.39, 0.29) is 17.2 Å². The van der Waals surface area contributed by atoms with E-state index in [4.69, 9.17) is 0 Å². The maximum atomic E-state index is 12.6. The molecule has 1 aromatic carbocycles. The predicted octanol–water partition coefficient (Wildman–Crippen LogP) is 2.04. The number of likely N-dealkylation sites (tertiary alicyclic amines) is 1. The fraction of sp³-hybridized carbons (Fsp3) is 0.353. The van der Waals surface area contributed by atoms with E-state index in [9.17, 15) is 9.59 Å². The summed E-state index contributed by atoms with van der Waals surface area (Å²) in [5, 5.41) is 0. The Balaban J connectivity index is 1.82. The van der Waals surface area contributed by atoms with Gasteiger partial charge >= 0.3 is 0 Å². The number of nitrogens with zero attached hydrogens (tertiary/aromatic N) is 2. The molecule has 1 saturated heterocycles. The van der Waals surface area contributed by atoms with Crippen LogP contribution in [0, 0.1) is 5.92 Å². The Morgan fingerprint density at radius 1 is 1.27 bits per heavy atom. The highest BCUT2D eigenvalue weighted by Gasteiger charge is 2.35. The quantitative estimate of drug-likeness (QED) is 0.942. The first-order chi connectivity index (χ1) is 10.7. The van der Waals surface area contributed by atoms with E-state index in [0.29, 0.717) is 24.9 Å². The van der Waals surface area contributed by atoms with Crippen molar-refractivity contribution in [3.05, 3.63) is 64.3 Å². The summed E-state index contributed by atoms with van der Waals surface area (Å²) in [6.07, 6.45) is 3.61. The molecule has 0 radical (unpaired) electrons. The number of hydrogen-bond donors (Lipinski definition) is 1. The Labute approximate surface area is 129 Å². The Kier molecular flexibility index (Phi) is 4.04. The molecular formula is C17H19N3O2. The molecule has 1 aliphatic rings. The van der Waals surface area contributed by atoms with E-state index in [0.717, 1.165) is 6.42 Å². The average Bonchev–Trinajstić information content (AvgIpc) is 2.99. The van der Waals surface area contributed by atoms with E-state index < -0.39 is 0 Å². The van der Waals surface area contributed by atoms with E-state index >= 15 is 0 Å². The van der Waals surface area contributed by atoms with Crippen LogP contribution in [-0.2, 0) is 0 Å². The number of carbonyl (C=O) groups excluding carboxylic acids is 1. The van der Waals surface area contributed by atoms with Gasteiger partial charge in [-0.15, -0.1) is 0 Å². The molecule has 0 spiro atoms. The molecule has 114 valence electrons. The van der Waals surface area contributed by atoms with Crippen LogP contribution in [0.15, 0.2) is 47.5 Å². The number of nitrogens with one attached hydrogen (secondary N) is 1. The van der Waals surface area contributed by atoms with Crippen molar-refractivity contribution in [1.82, 2.24) is 14.9 Å². The highest BCUT2D eigenvalue weighted by Crippen LogP contribution is 2.34. The molecule has 1 fully saturated rings. The molecule has 22 heavy (non-hydrogen) atoms. The summed E-state index contributed by atoms with van der Waals surface area (Å²) in [5.74, 6) is 0.635. The molecule has 0 bridgehead atoms. The third-order valence-corrected chi connectivity index (χ3v) is 4.36. The van der Waals surface area contributed by atoms with Crippen LogP contribution < -0.4 is 5.56 Å². The standard InChI is InChI=1S/C17H19N3O2/c1-2-12-10-20(11-14(12)13-6-4-3-5-7-13)17(22)15-8-18-9-16(21)19-15/h3-9,12,14H,2,10-11H2,1H3,(H,19,21)/t12-,14-/m1/s1. The zero-order chi connectivity index (χ0) is 15.5. The Morgan fingerprint density at radius 2 is 2.05 bits per heavy atom. The monoisotopic (exact) mass is 297 g/mol. The zero-order valence-electron chi connectivity index (χ0n) is 12.5. The zero-order valence-corrected chi connectivity index (χ0v) is 12.5. The number of H-pyrrole nitrogens is 1. The van der Waals surface area contributed by atoms with Gasteiger partial charge in [0.2, 0.25) is 0 Å². The topological polar surface area (TPSA) is 66.1 Å². The largest absolute Gasteiger partial charge is 0.336 e. The van der Waals surface area contributed by atoms with Gasteiger partial charge in [0.05, 0.1) is 12.4 Å². The van der Waals surface area contributed by atoms with Crippen LogP contribution in [0.25, 0.3) is 0 Å². The SMILES string of the molecule is CC[C@@H]1CN(C(=O)c2cncc(=O)[nH]2)C[C@H]1c1ccccc1. The predicted molar refractivity (Wildman–Crippen MR) is 83.7 cm³/mol. The van der Waals surface area contributed by atoms with Gasteiger partial charge < -0.3 is 9.88 Å². The molecule has 5 nitrogen and oxygen atoms in total.